The van der Waals surface area contributed by atoms with Crippen molar-refractivity contribution >= 4 is 40.1 Å². The molecule has 0 saturated carbocycles. The third-order valence-electron chi connectivity index (χ3n) is 5.51. The van der Waals surface area contributed by atoms with Crippen LogP contribution in [0.4, 0.5) is 4.79 Å². The quantitative estimate of drug-likeness (QED) is 0.201. The van der Waals surface area contributed by atoms with E-state index in [1.165, 1.54) is 27.5 Å². The molecule has 1 atom stereocenters. The zero-order valence-electron chi connectivity index (χ0n) is 22.0. The van der Waals surface area contributed by atoms with E-state index in [9.17, 15) is 14.4 Å². The van der Waals surface area contributed by atoms with Crippen LogP contribution in [0.3, 0.4) is 0 Å². The number of hydrogen-bond acceptors (Lipinski definition) is 9. The van der Waals surface area contributed by atoms with Crippen LogP contribution in [0, 0.1) is 0 Å². The van der Waals surface area contributed by atoms with Gasteiger partial charge in [-0.15, -0.1) is 0 Å². The Morgan fingerprint density at radius 3 is 2.49 bits per heavy atom. The summed E-state index contributed by atoms with van der Waals surface area (Å²) in [6.45, 7) is 3.15. The number of ether oxygens (including phenoxy) is 5. The van der Waals surface area contributed by atoms with Crippen molar-refractivity contribution in [3.63, 3.8) is 0 Å². The molecule has 13 heteroatoms. The van der Waals surface area contributed by atoms with Crippen molar-refractivity contribution in [3.05, 3.63) is 57.2 Å². The molecule has 2 aromatic rings. The first-order valence-electron chi connectivity index (χ1n) is 11.7. The molecule has 0 unspecified atom stereocenters. The van der Waals surface area contributed by atoms with Gasteiger partial charge in [0.15, 0.2) is 29.6 Å². The number of hydrogen-bond donors (Lipinski definition) is 3. The lowest BCUT2D eigenvalue weighted by molar-refractivity contribution is -0.139. The number of halogens is 1. The number of nitrogens with zero attached hydrogens (tertiary/aromatic N) is 1. The molecule has 0 saturated heterocycles. The molecule has 3 N–H and O–H groups in total. The molecule has 12 nitrogen and oxygen atoms in total. The van der Waals surface area contributed by atoms with Crippen LogP contribution in [0.15, 0.2) is 51.2 Å². The predicted octanol–water partition coefficient (Wildman–Crippen LogP) is 3.20. The van der Waals surface area contributed by atoms with Gasteiger partial charge in [-0.1, -0.05) is 22.0 Å². The summed E-state index contributed by atoms with van der Waals surface area (Å²) in [5.41, 5.74) is 4.19. The smallest absolute Gasteiger partial charge is 0.338 e. The third-order valence-corrected chi connectivity index (χ3v) is 5.97. The number of rotatable bonds is 11. The molecular weight excluding hydrogens is 576 g/mol. The maximum absolute atomic E-state index is 12.6. The van der Waals surface area contributed by atoms with Crippen molar-refractivity contribution in [3.8, 4) is 23.0 Å². The summed E-state index contributed by atoms with van der Waals surface area (Å²) in [5, 5.41) is 9.27. The van der Waals surface area contributed by atoms with Crippen LogP contribution in [0.1, 0.15) is 31.0 Å². The van der Waals surface area contributed by atoms with E-state index in [2.05, 4.69) is 37.1 Å². The summed E-state index contributed by atoms with van der Waals surface area (Å²) >= 11 is 3.39. The monoisotopic (exact) mass is 604 g/mol. The first-order valence-corrected chi connectivity index (χ1v) is 12.5. The standard InChI is InChI=1S/C26H29BrN4O8/c1-6-38-25(33)22-14(2)29-26(34)30-23(22)15-7-8-18(19(10-15)35-3)39-13-21(32)31-28-12-16-9-17(27)11-20(36-4)24(16)37-5/h7-12,23H,6,13H2,1-5H3,(H,31,32)(H2,29,30,34)/b28-12+/t23-/m0/s1. The summed E-state index contributed by atoms with van der Waals surface area (Å²) in [6, 6.07) is 7.12. The Balaban J connectivity index is 1.71. The number of allylic oxidation sites excluding steroid dienone is 1. The van der Waals surface area contributed by atoms with E-state index >= 15 is 0 Å². The number of hydrazone groups is 1. The second-order valence-corrected chi connectivity index (χ2v) is 8.93. The number of nitrogens with one attached hydrogen (secondary N) is 3. The Bertz CT molecular complexity index is 1310. The molecule has 2 aromatic carbocycles. The summed E-state index contributed by atoms with van der Waals surface area (Å²) in [6.07, 6.45) is 1.42. The van der Waals surface area contributed by atoms with Gasteiger partial charge in [-0.05, 0) is 43.7 Å². The van der Waals surface area contributed by atoms with E-state index in [0.29, 0.717) is 34.1 Å². The van der Waals surface area contributed by atoms with Crippen molar-refractivity contribution in [1.82, 2.24) is 16.1 Å². The van der Waals surface area contributed by atoms with E-state index in [-0.39, 0.29) is 24.5 Å². The van der Waals surface area contributed by atoms with Crippen molar-refractivity contribution in [2.45, 2.75) is 19.9 Å². The number of benzene rings is 2. The van der Waals surface area contributed by atoms with E-state index in [0.717, 1.165) is 4.47 Å². The van der Waals surface area contributed by atoms with Crippen LogP contribution in [0.2, 0.25) is 0 Å². The molecule has 1 aliphatic heterocycles. The second-order valence-electron chi connectivity index (χ2n) is 8.01. The minimum Gasteiger partial charge on any atom is -0.493 e. The van der Waals surface area contributed by atoms with Crippen molar-refractivity contribution in [2.75, 3.05) is 34.5 Å². The first kappa shape index (κ1) is 29.3. The van der Waals surface area contributed by atoms with Crippen LogP contribution in [0.5, 0.6) is 23.0 Å². The van der Waals surface area contributed by atoms with Gasteiger partial charge in [-0.25, -0.2) is 15.0 Å². The van der Waals surface area contributed by atoms with Crippen molar-refractivity contribution < 1.29 is 38.1 Å². The van der Waals surface area contributed by atoms with E-state index < -0.39 is 23.9 Å². The number of urea groups is 1. The van der Waals surface area contributed by atoms with Crippen molar-refractivity contribution in [2.24, 2.45) is 5.10 Å². The zero-order valence-corrected chi connectivity index (χ0v) is 23.6. The lowest BCUT2D eigenvalue weighted by Gasteiger charge is -2.28. The highest BCUT2D eigenvalue weighted by Gasteiger charge is 2.32. The second kappa shape index (κ2) is 13.5. The highest BCUT2D eigenvalue weighted by Crippen LogP contribution is 2.35. The van der Waals surface area contributed by atoms with Crippen LogP contribution >= 0.6 is 15.9 Å². The fraction of sp³-hybridized carbons (Fsp3) is 0.308. The SMILES string of the molecule is CCOC(=O)C1=C(C)NC(=O)N[C@H]1c1ccc(OCC(=O)N/N=C/c2cc(Br)cc(OC)c2OC)c(OC)c1. The molecule has 0 bridgehead atoms. The summed E-state index contributed by atoms with van der Waals surface area (Å²) in [5.74, 6) is 0.458. The van der Waals surface area contributed by atoms with Crippen LogP contribution in [-0.4, -0.2) is 58.7 Å². The maximum atomic E-state index is 12.6. The number of carbonyl (C=O) groups excluding carboxylic acids is 3. The van der Waals surface area contributed by atoms with Crippen LogP contribution in [-0.2, 0) is 14.3 Å². The summed E-state index contributed by atoms with van der Waals surface area (Å²) < 4.78 is 27.6. The summed E-state index contributed by atoms with van der Waals surface area (Å²) in [4.78, 5) is 37.0. The normalized spacial score (nSPS) is 14.8. The van der Waals surface area contributed by atoms with Gasteiger partial charge in [0.2, 0.25) is 0 Å². The van der Waals surface area contributed by atoms with Gasteiger partial charge < -0.3 is 34.3 Å². The average molecular weight is 605 g/mol. The van der Waals surface area contributed by atoms with Gasteiger partial charge in [-0.3, -0.25) is 4.79 Å². The number of esters is 1. The van der Waals surface area contributed by atoms with Gasteiger partial charge >= 0.3 is 12.0 Å². The molecular formula is C26H29BrN4O8. The topological polar surface area (TPSA) is 146 Å². The van der Waals surface area contributed by atoms with E-state index in [1.807, 2.05) is 0 Å². The zero-order chi connectivity index (χ0) is 28.5. The Labute approximate surface area is 233 Å². The largest absolute Gasteiger partial charge is 0.493 e. The molecule has 3 rings (SSSR count). The lowest BCUT2D eigenvalue weighted by Crippen LogP contribution is -2.45. The van der Waals surface area contributed by atoms with Crippen LogP contribution in [0.25, 0.3) is 0 Å². The van der Waals surface area contributed by atoms with Gasteiger partial charge in [0, 0.05) is 15.7 Å². The molecule has 0 radical (unpaired) electrons. The Hall–Kier alpha value is -4.26. The Morgan fingerprint density at radius 2 is 1.82 bits per heavy atom. The highest BCUT2D eigenvalue weighted by atomic mass is 79.9. The van der Waals surface area contributed by atoms with Gasteiger partial charge in [0.1, 0.15) is 0 Å². The minimum atomic E-state index is -0.771. The molecule has 39 heavy (non-hydrogen) atoms. The maximum Gasteiger partial charge on any atom is 0.338 e. The van der Waals surface area contributed by atoms with E-state index in [1.54, 1.807) is 44.2 Å². The fourth-order valence-corrected chi connectivity index (χ4v) is 4.26. The van der Waals surface area contributed by atoms with Gasteiger partial charge in [0.25, 0.3) is 5.91 Å². The van der Waals surface area contributed by atoms with Crippen molar-refractivity contribution in [1.29, 1.82) is 0 Å². The number of methoxy groups -OCH3 is 3. The van der Waals surface area contributed by atoms with Gasteiger partial charge in [0.05, 0.1) is 45.8 Å². The number of carbonyl (C=O) groups is 3. The Kier molecular flexibility index (Phi) is 10.1. The molecule has 1 aliphatic rings. The molecule has 1 heterocycles. The lowest BCUT2D eigenvalue weighted by atomic mass is 9.95. The molecule has 3 amide bonds. The fourth-order valence-electron chi connectivity index (χ4n) is 3.81. The summed E-state index contributed by atoms with van der Waals surface area (Å²) in [7, 11) is 4.46. The average Bonchev–Trinajstić information content (AvgIpc) is 2.91. The van der Waals surface area contributed by atoms with Gasteiger partial charge in [-0.2, -0.15) is 5.10 Å². The third kappa shape index (κ3) is 7.19. The molecule has 0 aromatic heterocycles. The number of amides is 3. The first-order chi connectivity index (χ1) is 18.7. The van der Waals surface area contributed by atoms with Crippen LogP contribution < -0.4 is 35.0 Å². The molecule has 208 valence electrons. The molecule has 0 spiro atoms. The minimum absolute atomic E-state index is 0.184. The molecule has 0 fully saturated rings. The van der Waals surface area contributed by atoms with E-state index in [4.69, 9.17) is 23.7 Å². The Morgan fingerprint density at radius 1 is 1.08 bits per heavy atom. The molecule has 0 aliphatic carbocycles. The predicted molar refractivity (Wildman–Crippen MR) is 145 cm³/mol. The highest BCUT2D eigenvalue weighted by molar-refractivity contribution is 9.10.